The van der Waals surface area contributed by atoms with E-state index in [9.17, 15) is 19.2 Å². The monoisotopic (exact) mass is 482 g/mol. The SMILES string of the molecule is CCCCCOc1ccc(N2C(=O)C[C@@H](Sc3cccc(NC(=O)/C=C/C(=O)O)c3)C2=O)cc1. The number of nitrogens with zero attached hydrogens (tertiary/aromatic N) is 1. The van der Waals surface area contributed by atoms with Crippen LogP contribution in [0.5, 0.6) is 5.75 Å². The molecule has 2 N–H and O–H groups in total. The van der Waals surface area contributed by atoms with Crippen LogP contribution in [0.4, 0.5) is 11.4 Å². The third kappa shape index (κ3) is 6.95. The number of unbranched alkanes of at least 4 members (excludes halogenated alkanes) is 2. The van der Waals surface area contributed by atoms with Gasteiger partial charge in [0.05, 0.1) is 17.5 Å². The molecule has 0 aromatic heterocycles. The topological polar surface area (TPSA) is 113 Å². The van der Waals surface area contributed by atoms with Crippen molar-refractivity contribution in [2.24, 2.45) is 0 Å². The Bertz CT molecular complexity index is 1080. The molecule has 9 heteroatoms. The molecular weight excluding hydrogens is 456 g/mol. The summed E-state index contributed by atoms with van der Waals surface area (Å²) >= 11 is 1.24. The lowest BCUT2D eigenvalue weighted by Crippen LogP contribution is -2.31. The number of rotatable bonds is 11. The zero-order chi connectivity index (χ0) is 24.5. The lowest BCUT2D eigenvalue weighted by atomic mass is 10.2. The van der Waals surface area contributed by atoms with Gasteiger partial charge in [-0.1, -0.05) is 25.8 Å². The van der Waals surface area contributed by atoms with Crippen LogP contribution in [0.25, 0.3) is 0 Å². The Kier molecular flexibility index (Phi) is 8.86. The van der Waals surface area contributed by atoms with E-state index >= 15 is 0 Å². The van der Waals surface area contributed by atoms with Gasteiger partial charge in [0.25, 0.3) is 0 Å². The largest absolute Gasteiger partial charge is 0.494 e. The molecule has 0 unspecified atom stereocenters. The number of nitrogens with one attached hydrogen (secondary N) is 1. The van der Waals surface area contributed by atoms with Gasteiger partial charge in [0.1, 0.15) is 5.75 Å². The summed E-state index contributed by atoms with van der Waals surface area (Å²) in [4.78, 5) is 49.8. The number of aliphatic carboxylic acids is 1. The third-order valence-electron chi connectivity index (χ3n) is 4.97. The van der Waals surface area contributed by atoms with Crippen LogP contribution >= 0.6 is 11.8 Å². The first kappa shape index (κ1) is 25.0. The van der Waals surface area contributed by atoms with Crippen molar-refractivity contribution in [2.45, 2.75) is 42.8 Å². The molecule has 34 heavy (non-hydrogen) atoms. The van der Waals surface area contributed by atoms with Crippen LogP contribution in [0.15, 0.2) is 65.6 Å². The highest BCUT2D eigenvalue weighted by Crippen LogP contribution is 2.35. The summed E-state index contributed by atoms with van der Waals surface area (Å²) in [7, 11) is 0. The van der Waals surface area contributed by atoms with Crippen molar-refractivity contribution in [3.8, 4) is 5.75 Å². The zero-order valence-corrected chi connectivity index (χ0v) is 19.5. The van der Waals surface area contributed by atoms with Crippen molar-refractivity contribution in [3.05, 3.63) is 60.7 Å². The lowest BCUT2D eigenvalue weighted by molar-refractivity contribution is -0.131. The second-order valence-electron chi connectivity index (χ2n) is 7.62. The molecule has 2 aromatic carbocycles. The number of carboxylic acids is 1. The smallest absolute Gasteiger partial charge is 0.328 e. The first-order valence-corrected chi connectivity index (χ1v) is 11.8. The van der Waals surface area contributed by atoms with Crippen LogP contribution in [0, 0.1) is 0 Å². The first-order valence-electron chi connectivity index (χ1n) is 11.0. The maximum absolute atomic E-state index is 13.0. The van der Waals surface area contributed by atoms with Gasteiger partial charge in [0.15, 0.2) is 0 Å². The van der Waals surface area contributed by atoms with Crippen LogP contribution in [0.3, 0.4) is 0 Å². The van der Waals surface area contributed by atoms with Gasteiger partial charge >= 0.3 is 5.97 Å². The standard InChI is InChI=1S/C25H26N2O6S/c1-2-3-4-14-33-19-10-8-18(9-11-19)27-23(29)16-21(25(27)32)34-20-7-5-6-17(15-20)26-22(28)12-13-24(30)31/h5-13,15,21H,2-4,14,16H2,1H3,(H,26,28)(H,30,31)/b13-12+/t21-/m1/s1. The maximum atomic E-state index is 13.0. The molecule has 0 bridgehead atoms. The Morgan fingerprint density at radius 2 is 1.91 bits per heavy atom. The molecule has 0 spiro atoms. The quantitative estimate of drug-likeness (QED) is 0.279. The Hall–Kier alpha value is -3.59. The van der Waals surface area contributed by atoms with Crippen LogP contribution < -0.4 is 15.0 Å². The molecule has 8 nitrogen and oxygen atoms in total. The molecule has 1 fully saturated rings. The van der Waals surface area contributed by atoms with E-state index in [2.05, 4.69) is 12.2 Å². The summed E-state index contributed by atoms with van der Waals surface area (Å²) in [5.74, 6) is -1.68. The fraction of sp³-hybridized carbons (Fsp3) is 0.280. The highest BCUT2D eigenvalue weighted by atomic mass is 32.2. The van der Waals surface area contributed by atoms with Gasteiger partial charge in [-0.25, -0.2) is 9.69 Å². The van der Waals surface area contributed by atoms with E-state index < -0.39 is 17.1 Å². The van der Waals surface area contributed by atoms with E-state index in [1.165, 1.54) is 16.7 Å². The minimum absolute atomic E-state index is 0.0662. The number of imide groups is 1. The van der Waals surface area contributed by atoms with Crippen molar-refractivity contribution in [1.82, 2.24) is 0 Å². The Labute approximate surface area is 202 Å². The van der Waals surface area contributed by atoms with E-state index in [4.69, 9.17) is 9.84 Å². The van der Waals surface area contributed by atoms with E-state index in [0.717, 1.165) is 31.4 Å². The minimum Gasteiger partial charge on any atom is -0.494 e. The minimum atomic E-state index is -1.22. The predicted octanol–water partition coefficient (Wildman–Crippen LogP) is 4.26. The molecule has 2 aromatic rings. The van der Waals surface area contributed by atoms with Gasteiger partial charge < -0.3 is 15.2 Å². The van der Waals surface area contributed by atoms with Crippen LogP contribution in [-0.2, 0) is 19.2 Å². The average Bonchev–Trinajstić information content (AvgIpc) is 3.08. The Morgan fingerprint density at radius 1 is 1.15 bits per heavy atom. The third-order valence-corrected chi connectivity index (χ3v) is 6.15. The molecule has 1 aliphatic heterocycles. The summed E-state index contributed by atoms with van der Waals surface area (Å²) < 4.78 is 5.69. The molecule has 1 saturated heterocycles. The van der Waals surface area contributed by atoms with Crippen molar-refractivity contribution >= 4 is 46.8 Å². The van der Waals surface area contributed by atoms with Crippen molar-refractivity contribution in [3.63, 3.8) is 0 Å². The fourth-order valence-electron chi connectivity index (χ4n) is 3.34. The lowest BCUT2D eigenvalue weighted by Gasteiger charge is -2.16. The second-order valence-corrected chi connectivity index (χ2v) is 8.89. The number of benzene rings is 2. The van der Waals surface area contributed by atoms with E-state index in [0.29, 0.717) is 28.6 Å². The van der Waals surface area contributed by atoms with Gasteiger partial charge in [0.2, 0.25) is 17.7 Å². The zero-order valence-electron chi connectivity index (χ0n) is 18.7. The number of carboxylic acid groups (broad SMARTS) is 1. The van der Waals surface area contributed by atoms with Gasteiger partial charge in [-0.2, -0.15) is 0 Å². The number of hydrogen-bond donors (Lipinski definition) is 2. The summed E-state index contributed by atoms with van der Waals surface area (Å²) in [5, 5.41) is 10.6. The Balaban J connectivity index is 1.61. The highest BCUT2D eigenvalue weighted by molar-refractivity contribution is 8.00. The molecule has 0 aliphatic carbocycles. The number of ether oxygens (including phenoxy) is 1. The number of thioether (sulfide) groups is 1. The highest BCUT2D eigenvalue weighted by Gasteiger charge is 2.40. The molecule has 3 amide bonds. The molecule has 3 rings (SSSR count). The summed E-state index contributed by atoms with van der Waals surface area (Å²) in [6, 6.07) is 13.7. The average molecular weight is 483 g/mol. The molecule has 0 saturated carbocycles. The summed E-state index contributed by atoms with van der Waals surface area (Å²) in [6.07, 6.45) is 4.92. The number of carbonyl (C=O) groups excluding carboxylic acids is 3. The summed E-state index contributed by atoms with van der Waals surface area (Å²) in [5.41, 5.74) is 0.957. The van der Waals surface area contributed by atoms with Gasteiger partial charge in [-0.3, -0.25) is 14.4 Å². The van der Waals surface area contributed by atoms with Gasteiger partial charge in [0, 0.05) is 29.2 Å². The number of amides is 3. The number of hydrogen-bond acceptors (Lipinski definition) is 6. The summed E-state index contributed by atoms with van der Waals surface area (Å²) in [6.45, 7) is 2.75. The predicted molar refractivity (Wildman–Crippen MR) is 130 cm³/mol. The molecule has 1 aliphatic rings. The second kappa shape index (κ2) is 12.0. The number of anilines is 2. The molecule has 1 heterocycles. The molecule has 0 radical (unpaired) electrons. The number of carbonyl (C=O) groups is 4. The molecule has 1 atom stereocenters. The van der Waals surface area contributed by atoms with E-state index in [1.807, 2.05) is 0 Å². The van der Waals surface area contributed by atoms with Crippen LogP contribution in [0.2, 0.25) is 0 Å². The first-order chi connectivity index (χ1) is 16.4. The maximum Gasteiger partial charge on any atom is 0.328 e. The van der Waals surface area contributed by atoms with Crippen molar-refractivity contribution in [2.75, 3.05) is 16.8 Å². The van der Waals surface area contributed by atoms with Crippen LogP contribution in [0.1, 0.15) is 32.6 Å². The van der Waals surface area contributed by atoms with Crippen molar-refractivity contribution in [1.29, 1.82) is 0 Å². The van der Waals surface area contributed by atoms with Crippen LogP contribution in [-0.4, -0.2) is 40.7 Å². The van der Waals surface area contributed by atoms with Gasteiger partial charge in [-0.05, 0) is 48.9 Å². The normalized spacial score (nSPS) is 15.7. The Morgan fingerprint density at radius 3 is 2.62 bits per heavy atom. The van der Waals surface area contributed by atoms with E-state index in [-0.39, 0.29) is 18.2 Å². The van der Waals surface area contributed by atoms with E-state index in [1.54, 1.807) is 48.5 Å². The molecule has 178 valence electrons. The van der Waals surface area contributed by atoms with Gasteiger partial charge in [-0.15, -0.1) is 11.8 Å². The molecular formula is C25H26N2O6S. The van der Waals surface area contributed by atoms with Crippen molar-refractivity contribution < 1.29 is 29.0 Å². The fourth-order valence-corrected chi connectivity index (χ4v) is 4.46.